The molecule has 102 valence electrons. The van der Waals surface area contributed by atoms with Crippen LogP contribution >= 0.6 is 0 Å². The Balaban J connectivity index is 3.06. The molecule has 1 heterocycles. The minimum atomic E-state index is 0.00742. The number of aromatic nitrogens is 2. The second-order valence-electron chi connectivity index (χ2n) is 4.74. The molecular formula is C13H24N4O. The van der Waals surface area contributed by atoms with Crippen molar-refractivity contribution in [3.8, 4) is 0 Å². The Morgan fingerprint density at radius 1 is 1.22 bits per heavy atom. The van der Waals surface area contributed by atoms with E-state index in [2.05, 4.69) is 34.4 Å². The lowest BCUT2D eigenvalue weighted by atomic mass is 10.1. The molecule has 1 unspecified atom stereocenters. The molecule has 0 fully saturated rings. The molecule has 0 amide bonds. The number of aliphatic hydroxyl groups excluding tert-OH is 1. The van der Waals surface area contributed by atoms with Gasteiger partial charge in [-0.1, -0.05) is 20.8 Å². The van der Waals surface area contributed by atoms with Crippen LogP contribution in [0.1, 0.15) is 32.2 Å². The average molecular weight is 252 g/mol. The standard InChI is InChI=1S/C13H24N4O/c1-6-11-16-12(14-5)9(4)13(17-11)15-10(7-18)8(2)3/h8,10,18H,6-7H2,1-5H3,(H2,14,15,16,17). The van der Waals surface area contributed by atoms with Gasteiger partial charge in [-0.05, 0) is 12.8 Å². The summed E-state index contributed by atoms with van der Waals surface area (Å²) in [4.78, 5) is 8.92. The smallest absolute Gasteiger partial charge is 0.135 e. The van der Waals surface area contributed by atoms with E-state index in [1.165, 1.54) is 0 Å². The molecule has 3 N–H and O–H groups in total. The zero-order chi connectivity index (χ0) is 13.7. The number of nitrogens with one attached hydrogen (secondary N) is 2. The number of hydrogen-bond donors (Lipinski definition) is 3. The maximum absolute atomic E-state index is 9.38. The van der Waals surface area contributed by atoms with Crippen LogP contribution in [0.15, 0.2) is 0 Å². The summed E-state index contributed by atoms with van der Waals surface area (Å²) in [6.07, 6.45) is 0.787. The van der Waals surface area contributed by atoms with Gasteiger partial charge in [-0.25, -0.2) is 9.97 Å². The van der Waals surface area contributed by atoms with Gasteiger partial charge in [-0.2, -0.15) is 0 Å². The molecule has 1 aromatic heterocycles. The molecule has 0 aliphatic heterocycles. The molecule has 5 nitrogen and oxygen atoms in total. The molecule has 0 saturated heterocycles. The minimum Gasteiger partial charge on any atom is -0.394 e. The minimum absolute atomic E-state index is 0.00742. The zero-order valence-electron chi connectivity index (χ0n) is 11.9. The lowest BCUT2D eigenvalue weighted by Crippen LogP contribution is -2.30. The fourth-order valence-electron chi connectivity index (χ4n) is 1.70. The van der Waals surface area contributed by atoms with E-state index in [0.29, 0.717) is 5.92 Å². The fourth-order valence-corrected chi connectivity index (χ4v) is 1.70. The van der Waals surface area contributed by atoms with Gasteiger partial charge in [-0.3, -0.25) is 0 Å². The van der Waals surface area contributed by atoms with E-state index < -0.39 is 0 Å². The van der Waals surface area contributed by atoms with E-state index in [4.69, 9.17) is 0 Å². The number of nitrogens with zero attached hydrogens (tertiary/aromatic N) is 2. The molecule has 0 aliphatic rings. The van der Waals surface area contributed by atoms with Crippen LogP contribution < -0.4 is 10.6 Å². The van der Waals surface area contributed by atoms with Crippen molar-refractivity contribution in [1.29, 1.82) is 0 Å². The highest BCUT2D eigenvalue weighted by Crippen LogP contribution is 2.21. The molecule has 5 heteroatoms. The van der Waals surface area contributed by atoms with Crippen molar-refractivity contribution in [3.05, 3.63) is 11.4 Å². The van der Waals surface area contributed by atoms with Crippen molar-refractivity contribution in [1.82, 2.24) is 9.97 Å². The Morgan fingerprint density at radius 3 is 2.28 bits per heavy atom. The van der Waals surface area contributed by atoms with Gasteiger partial charge in [0.25, 0.3) is 0 Å². The van der Waals surface area contributed by atoms with Gasteiger partial charge < -0.3 is 15.7 Å². The molecule has 0 bridgehead atoms. The van der Waals surface area contributed by atoms with E-state index in [-0.39, 0.29) is 12.6 Å². The number of rotatable bonds is 6. The number of aliphatic hydroxyl groups is 1. The van der Waals surface area contributed by atoms with Crippen LogP contribution in [-0.4, -0.2) is 34.8 Å². The van der Waals surface area contributed by atoms with Crippen molar-refractivity contribution >= 4 is 11.6 Å². The highest BCUT2D eigenvalue weighted by Gasteiger charge is 2.16. The normalized spacial score (nSPS) is 12.6. The second-order valence-corrected chi connectivity index (χ2v) is 4.74. The predicted octanol–water partition coefficient (Wildman–Crippen LogP) is 1.82. The van der Waals surface area contributed by atoms with Gasteiger partial charge >= 0.3 is 0 Å². The number of hydrogen-bond acceptors (Lipinski definition) is 5. The molecule has 0 aliphatic carbocycles. The van der Waals surface area contributed by atoms with Crippen LogP contribution in [0, 0.1) is 12.8 Å². The summed E-state index contributed by atoms with van der Waals surface area (Å²) < 4.78 is 0. The third-order valence-electron chi connectivity index (χ3n) is 3.07. The summed E-state index contributed by atoms with van der Waals surface area (Å²) in [5.41, 5.74) is 0.980. The van der Waals surface area contributed by atoms with E-state index in [1.807, 2.05) is 20.9 Å². The largest absolute Gasteiger partial charge is 0.394 e. The third-order valence-corrected chi connectivity index (χ3v) is 3.07. The zero-order valence-corrected chi connectivity index (χ0v) is 11.9. The summed E-state index contributed by atoms with van der Waals surface area (Å²) in [6, 6.07) is 0.00742. The van der Waals surface area contributed by atoms with Gasteiger partial charge in [0.2, 0.25) is 0 Å². The quantitative estimate of drug-likeness (QED) is 0.720. The maximum Gasteiger partial charge on any atom is 0.135 e. The maximum atomic E-state index is 9.38. The fraction of sp³-hybridized carbons (Fsp3) is 0.692. The first-order valence-corrected chi connectivity index (χ1v) is 6.46. The first-order valence-electron chi connectivity index (χ1n) is 6.46. The van der Waals surface area contributed by atoms with E-state index >= 15 is 0 Å². The topological polar surface area (TPSA) is 70.1 Å². The first kappa shape index (κ1) is 14.7. The Morgan fingerprint density at radius 2 is 1.83 bits per heavy atom. The summed E-state index contributed by atoms with van der Waals surface area (Å²) >= 11 is 0. The molecule has 0 spiro atoms. The van der Waals surface area contributed by atoms with Crippen LogP contribution in [0.4, 0.5) is 11.6 Å². The van der Waals surface area contributed by atoms with E-state index in [1.54, 1.807) is 0 Å². The molecule has 0 radical (unpaired) electrons. The van der Waals surface area contributed by atoms with Crippen LogP contribution in [-0.2, 0) is 6.42 Å². The van der Waals surface area contributed by atoms with Gasteiger partial charge in [0.15, 0.2) is 0 Å². The summed E-state index contributed by atoms with van der Waals surface area (Å²) in [5, 5.41) is 15.8. The highest BCUT2D eigenvalue weighted by molar-refractivity contribution is 5.57. The Bertz CT molecular complexity index is 393. The van der Waals surface area contributed by atoms with Crippen LogP contribution in [0.2, 0.25) is 0 Å². The van der Waals surface area contributed by atoms with Gasteiger partial charge in [0, 0.05) is 19.0 Å². The van der Waals surface area contributed by atoms with E-state index in [9.17, 15) is 5.11 Å². The lowest BCUT2D eigenvalue weighted by molar-refractivity contribution is 0.249. The summed E-state index contributed by atoms with van der Waals surface area (Å²) in [5.74, 6) is 2.78. The predicted molar refractivity (Wildman–Crippen MR) is 75.0 cm³/mol. The van der Waals surface area contributed by atoms with Crippen molar-refractivity contribution in [2.24, 2.45) is 5.92 Å². The molecular weight excluding hydrogens is 228 g/mol. The van der Waals surface area contributed by atoms with Crippen molar-refractivity contribution in [3.63, 3.8) is 0 Å². The van der Waals surface area contributed by atoms with Gasteiger partial charge in [0.1, 0.15) is 17.5 Å². The Kier molecular flexibility index (Phi) is 5.34. The molecule has 0 aromatic carbocycles. The van der Waals surface area contributed by atoms with Crippen LogP contribution in [0.3, 0.4) is 0 Å². The van der Waals surface area contributed by atoms with Crippen LogP contribution in [0.25, 0.3) is 0 Å². The van der Waals surface area contributed by atoms with Gasteiger partial charge in [-0.15, -0.1) is 0 Å². The van der Waals surface area contributed by atoms with Crippen molar-refractivity contribution < 1.29 is 5.11 Å². The SMILES string of the molecule is CCc1nc(NC)c(C)c(NC(CO)C(C)C)n1. The highest BCUT2D eigenvalue weighted by atomic mass is 16.3. The Labute approximate surface area is 109 Å². The average Bonchev–Trinajstić information content (AvgIpc) is 2.37. The number of aryl methyl sites for hydroxylation is 1. The Hall–Kier alpha value is -1.36. The molecule has 0 saturated carbocycles. The van der Waals surface area contributed by atoms with Crippen molar-refractivity contribution in [2.45, 2.75) is 40.2 Å². The third kappa shape index (κ3) is 3.32. The molecule has 1 atom stereocenters. The second kappa shape index (κ2) is 6.54. The van der Waals surface area contributed by atoms with E-state index in [0.717, 1.165) is 29.4 Å². The first-order chi connectivity index (χ1) is 8.53. The van der Waals surface area contributed by atoms with Gasteiger partial charge in [0.05, 0.1) is 12.6 Å². The summed E-state index contributed by atoms with van der Waals surface area (Å²) in [7, 11) is 1.85. The molecule has 18 heavy (non-hydrogen) atoms. The molecule has 1 rings (SSSR count). The number of anilines is 2. The van der Waals surface area contributed by atoms with Crippen molar-refractivity contribution in [2.75, 3.05) is 24.3 Å². The lowest BCUT2D eigenvalue weighted by Gasteiger charge is -2.22. The molecule has 1 aromatic rings. The summed E-state index contributed by atoms with van der Waals surface area (Å²) in [6.45, 7) is 8.24. The van der Waals surface area contributed by atoms with Crippen LogP contribution in [0.5, 0.6) is 0 Å². The monoisotopic (exact) mass is 252 g/mol.